The van der Waals surface area contributed by atoms with Crippen molar-refractivity contribution in [3.63, 3.8) is 0 Å². The number of primary amides is 1. The van der Waals surface area contributed by atoms with Crippen molar-refractivity contribution in [3.05, 3.63) is 0 Å². The molecule has 6 saturated heterocycles. The first-order valence-electron chi connectivity index (χ1n) is 34.4. The Kier molecular flexibility index (Phi) is 29.2. The van der Waals surface area contributed by atoms with Crippen LogP contribution in [0.4, 0.5) is 32.3 Å². The number of halogens is 4. The lowest BCUT2D eigenvalue weighted by atomic mass is 10.0. The van der Waals surface area contributed by atoms with Crippen LogP contribution in [0, 0.1) is 111 Å². The lowest BCUT2D eigenvalue weighted by Gasteiger charge is -2.25. The minimum Gasteiger partial charge on any atom is -0.444 e. The van der Waals surface area contributed by atoms with Crippen LogP contribution in [0.2, 0.25) is 0 Å². The summed E-state index contributed by atoms with van der Waals surface area (Å²) in [6, 6.07) is 4.70. The summed E-state index contributed by atoms with van der Waals surface area (Å²) in [5.74, 6) is 7.44. The topological polar surface area (TPSA) is 331 Å². The number of rotatable bonds is 3. The predicted octanol–water partition coefficient (Wildman–Crippen LogP) is 9.11. The Bertz CT molecular complexity index is 2810. The first-order valence-corrected chi connectivity index (χ1v) is 36.2. The number of amides is 5. The number of carbonyl (C=O) groups excluding carboxylic acids is 7. The number of likely N-dealkylation sites (tertiary alicyclic amines) is 4. The maximum atomic E-state index is 12.0. The molecule has 5 amide bonds. The number of aliphatic hydroxyl groups is 1. The second-order valence-electron chi connectivity index (χ2n) is 32.8. The highest BCUT2D eigenvalue weighted by atomic mass is 35.5. The summed E-state index contributed by atoms with van der Waals surface area (Å²) in [6.07, 6.45) is 4.61. The van der Waals surface area contributed by atoms with Gasteiger partial charge in [0, 0.05) is 83.0 Å². The summed E-state index contributed by atoms with van der Waals surface area (Å²) in [5.41, 5.74) is 3.46. The molecule has 12 aliphatic rings. The van der Waals surface area contributed by atoms with Crippen LogP contribution in [0.5, 0.6) is 0 Å². The van der Waals surface area contributed by atoms with Crippen molar-refractivity contribution in [1.29, 1.82) is 10.5 Å². The lowest BCUT2D eigenvalue weighted by Crippen LogP contribution is -2.36. The number of alkyl halides is 3. The molecule has 29 heteroatoms. The Hall–Kier alpha value is -5.26. The van der Waals surface area contributed by atoms with E-state index in [1.54, 1.807) is 19.6 Å². The molecule has 12 rings (SSSR count). The molecule has 6 heterocycles. The SMILES string of the molecule is CC(C)(C)OC(=O)N1CC2CC(=O)CC2C1.CC(C)(C)OC(=O)N1CC2CC(C#N)CC2C1.CC(C)(C)OC(=O)N1CC2CC(O)CC2C1.CC(C)(C)OC(=O)N1CC2CC(OS(C)(=O)=O)CC2C1.Cl.N#CC1CC2CNCC2C1.NC(=O)C1CC2CNCC2C1.O=CC(F)(F)F. The molecule has 552 valence electrons. The van der Waals surface area contributed by atoms with Crippen molar-refractivity contribution in [2.45, 2.75) is 201 Å². The molecule has 12 atom stereocenters. The van der Waals surface area contributed by atoms with Crippen molar-refractivity contribution in [1.82, 2.24) is 30.2 Å². The number of aldehydes is 1. The van der Waals surface area contributed by atoms with Gasteiger partial charge in [0.2, 0.25) is 12.2 Å². The number of aliphatic hydroxyl groups excluding tert-OH is 1. The van der Waals surface area contributed by atoms with Crippen LogP contribution in [0.15, 0.2) is 0 Å². The molecule has 6 aliphatic carbocycles. The highest BCUT2D eigenvalue weighted by molar-refractivity contribution is 7.86. The average Bonchev–Trinajstić information content (AvgIpc) is 1.68. The van der Waals surface area contributed by atoms with Crippen molar-refractivity contribution >= 4 is 64.9 Å². The van der Waals surface area contributed by atoms with E-state index in [9.17, 15) is 55.5 Å². The average molecular weight is 1420 g/mol. The number of carbonyl (C=O) groups is 7. The maximum absolute atomic E-state index is 12.0. The van der Waals surface area contributed by atoms with Crippen LogP contribution in [-0.4, -0.2) is 201 Å². The number of nitrogens with two attached hydrogens (primary N) is 1. The monoisotopic (exact) mass is 1420 g/mol. The number of nitriles is 2. The third-order valence-corrected chi connectivity index (χ3v) is 20.5. The number of hydrogen-bond donors (Lipinski definition) is 4. The van der Waals surface area contributed by atoms with Gasteiger partial charge in [0.25, 0.3) is 10.1 Å². The summed E-state index contributed by atoms with van der Waals surface area (Å²) < 4.78 is 79.9. The van der Waals surface area contributed by atoms with E-state index in [1.807, 2.05) is 83.1 Å². The zero-order valence-electron chi connectivity index (χ0n) is 59.2. The molecule has 0 aromatic rings. The number of nitrogens with zero attached hydrogens (tertiary/aromatic N) is 6. The second-order valence-corrected chi connectivity index (χ2v) is 34.4. The molecular formula is C68H111ClF3N9O15S. The van der Waals surface area contributed by atoms with Crippen molar-refractivity contribution in [2.24, 2.45) is 94.5 Å². The van der Waals surface area contributed by atoms with Gasteiger partial charge < -0.3 is 60.0 Å². The molecule has 0 aromatic carbocycles. The number of nitrogens with one attached hydrogen (secondary N) is 2. The summed E-state index contributed by atoms with van der Waals surface area (Å²) in [5, 5.41) is 33.7. The van der Waals surface area contributed by atoms with E-state index in [1.165, 1.54) is 0 Å². The van der Waals surface area contributed by atoms with Gasteiger partial charge in [-0.25, -0.2) is 19.2 Å². The minimum absolute atomic E-state index is 0. The van der Waals surface area contributed by atoms with Gasteiger partial charge in [-0.15, -0.1) is 12.4 Å². The van der Waals surface area contributed by atoms with Crippen LogP contribution < -0.4 is 16.4 Å². The van der Waals surface area contributed by atoms with Crippen LogP contribution in [-0.2, 0) is 47.6 Å². The Balaban J connectivity index is 0.000000208. The van der Waals surface area contributed by atoms with E-state index in [2.05, 4.69) is 22.8 Å². The first kappa shape index (κ1) is 82.4. The van der Waals surface area contributed by atoms with Crippen LogP contribution in [0.25, 0.3) is 0 Å². The fourth-order valence-electron chi connectivity index (χ4n) is 15.9. The molecule has 0 radical (unpaired) electrons. The van der Waals surface area contributed by atoms with Gasteiger partial charge >= 0.3 is 30.5 Å². The van der Waals surface area contributed by atoms with Crippen molar-refractivity contribution < 1.29 is 83.4 Å². The standard InChI is InChI=1S/C13H20N2O2.C13H23NO5S.C12H21NO3.C12H19NO3.C8H14N2O.C8H12N2.C2HF3O.ClH/c1-13(2,3)17-12(16)15-7-10-4-9(6-14)5-11(10)8-15;1-13(2,3)18-12(15)14-7-9-5-11(6-10(9)8-14)19-20(4,16)17;2*1-12(2,3)16-11(15)13-6-8-4-10(14)5-9(8)7-13;9-8(11)5-1-6-3-10-4-7(6)2-5;9-3-6-1-7-4-10-5-8(7)2-6;3-2(4,5)1-6;/h9-11H,4-5,7-8H2,1-3H3;9-11H,5-8H2,1-4H3;8-10,14H,4-7H2,1-3H3;8-9H,4-7H2,1-3H3;5-7,10H,1-4H2,(H2,9,11);6-8,10H,1-2,4-5H2;1H;1H. The predicted molar refractivity (Wildman–Crippen MR) is 355 cm³/mol. The van der Waals surface area contributed by atoms with Gasteiger partial charge in [-0.2, -0.15) is 32.1 Å². The third-order valence-electron chi connectivity index (χ3n) is 19.9. The zero-order chi connectivity index (χ0) is 71.6. The third kappa shape index (κ3) is 27.0. The molecule has 6 saturated carbocycles. The van der Waals surface area contributed by atoms with Crippen molar-refractivity contribution in [2.75, 3.05) is 84.8 Å². The quantitative estimate of drug-likeness (QED) is 0.116. The summed E-state index contributed by atoms with van der Waals surface area (Å²) in [7, 11) is -3.40. The number of ether oxygens (including phenoxy) is 4. The fraction of sp³-hybridized carbons (Fsp3) is 0.868. The Labute approximate surface area is 578 Å². The van der Waals surface area contributed by atoms with Gasteiger partial charge in [-0.05, 0) is 244 Å². The Morgan fingerprint density at radius 1 is 0.505 bits per heavy atom. The number of Topliss-reactive ketones (excluding diaryl/α,β-unsaturated/α-hetero) is 1. The molecule has 24 nitrogen and oxygen atoms in total. The van der Waals surface area contributed by atoms with Gasteiger partial charge in [0.05, 0.1) is 30.6 Å². The molecule has 12 unspecified atom stereocenters. The molecule has 6 aliphatic heterocycles. The largest absolute Gasteiger partial charge is 0.446 e. The van der Waals surface area contributed by atoms with Crippen LogP contribution in [0.3, 0.4) is 0 Å². The first-order chi connectivity index (χ1) is 44.3. The maximum Gasteiger partial charge on any atom is 0.446 e. The van der Waals surface area contributed by atoms with Gasteiger partial charge in [0.1, 0.15) is 28.2 Å². The number of hydrogen-bond acceptors (Lipinski definition) is 19. The van der Waals surface area contributed by atoms with E-state index in [0.29, 0.717) is 111 Å². The normalized spacial score (nSPS) is 32.5. The summed E-state index contributed by atoms with van der Waals surface area (Å²) in [6.45, 7) is 32.6. The molecule has 12 fully saturated rings. The van der Waals surface area contributed by atoms with Crippen molar-refractivity contribution in [3.8, 4) is 12.1 Å². The summed E-state index contributed by atoms with van der Waals surface area (Å²) in [4.78, 5) is 85.3. The second kappa shape index (κ2) is 34.4. The highest BCUT2D eigenvalue weighted by Crippen LogP contribution is 2.44. The molecule has 97 heavy (non-hydrogen) atoms. The molecule has 5 N–H and O–H groups in total. The number of fused-ring (bicyclic) bond motifs is 6. The van der Waals surface area contributed by atoms with E-state index in [4.69, 9.17) is 44.2 Å². The molecular weight excluding hydrogens is 1310 g/mol. The fourth-order valence-corrected chi connectivity index (χ4v) is 16.5. The summed E-state index contributed by atoms with van der Waals surface area (Å²) >= 11 is 0. The lowest BCUT2D eigenvalue weighted by molar-refractivity contribution is -0.156. The minimum atomic E-state index is -4.64. The van der Waals surface area contributed by atoms with Gasteiger partial charge in [0.15, 0.2) is 0 Å². The highest BCUT2D eigenvalue weighted by Gasteiger charge is 2.48. The van der Waals surface area contributed by atoms with Gasteiger partial charge in [-0.3, -0.25) is 18.6 Å². The van der Waals surface area contributed by atoms with E-state index in [0.717, 1.165) is 134 Å². The Morgan fingerprint density at radius 2 is 0.763 bits per heavy atom. The molecule has 0 bridgehead atoms. The van der Waals surface area contributed by atoms with E-state index >= 15 is 0 Å². The van der Waals surface area contributed by atoms with Crippen LogP contribution >= 0.6 is 12.4 Å². The smallest absolute Gasteiger partial charge is 0.444 e. The number of ketones is 1. The molecule has 0 aromatic heterocycles. The zero-order valence-corrected chi connectivity index (χ0v) is 60.9. The molecule has 0 spiro atoms. The van der Waals surface area contributed by atoms with Gasteiger partial charge in [-0.1, -0.05) is 0 Å². The van der Waals surface area contributed by atoms with E-state index < -0.39 is 45.0 Å². The van der Waals surface area contributed by atoms with Crippen LogP contribution in [0.1, 0.15) is 160 Å². The Morgan fingerprint density at radius 3 is 1.02 bits per heavy atom. The van der Waals surface area contributed by atoms with E-state index in [-0.39, 0.29) is 66.7 Å².